The maximum Gasteiger partial charge on any atom is 0.241 e. The molecule has 0 bridgehead atoms. The summed E-state index contributed by atoms with van der Waals surface area (Å²) in [6, 6.07) is 10.3. The molecule has 4 nitrogen and oxygen atoms in total. The lowest BCUT2D eigenvalue weighted by Crippen LogP contribution is -2.26. The van der Waals surface area contributed by atoms with E-state index in [1.165, 1.54) is 17.4 Å². The van der Waals surface area contributed by atoms with Gasteiger partial charge in [0.25, 0.3) is 0 Å². The number of hydrogen-bond acceptors (Lipinski definition) is 4. The number of thiophene rings is 1. The van der Waals surface area contributed by atoms with Crippen molar-refractivity contribution in [1.29, 1.82) is 0 Å². The summed E-state index contributed by atoms with van der Waals surface area (Å²) in [5.41, 5.74) is 0. The zero-order chi connectivity index (χ0) is 14.6. The Labute approximate surface area is 130 Å². The SMILES string of the molecule is O=S(=O)(NCCC(O)c1cccs1)c1ccccc1Br. The van der Waals surface area contributed by atoms with Gasteiger partial charge in [0.05, 0.1) is 11.0 Å². The summed E-state index contributed by atoms with van der Waals surface area (Å²) in [7, 11) is -3.56. The van der Waals surface area contributed by atoms with E-state index in [-0.39, 0.29) is 11.4 Å². The lowest BCUT2D eigenvalue weighted by molar-refractivity contribution is 0.173. The zero-order valence-electron chi connectivity index (χ0n) is 10.5. The molecule has 0 saturated heterocycles. The fourth-order valence-corrected chi connectivity index (χ4v) is 4.49. The Kier molecular flexibility index (Phi) is 5.34. The van der Waals surface area contributed by atoms with E-state index in [0.717, 1.165) is 4.88 Å². The topological polar surface area (TPSA) is 66.4 Å². The molecule has 0 aliphatic heterocycles. The normalized spacial score (nSPS) is 13.3. The quantitative estimate of drug-likeness (QED) is 0.815. The standard InChI is InChI=1S/C13H14BrNO3S2/c14-10-4-1-2-6-13(10)20(17,18)15-8-7-11(16)12-5-3-9-19-12/h1-6,9,11,15-16H,7-8H2. The first-order valence-electron chi connectivity index (χ1n) is 5.96. The first-order valence-corrected chi connectivity index (χ1v) is 9.12. The highest BCUT2D eigenvalue weighted by atomic mass is 79.9. The van der Waals surface area contributed by atoms with E-state index in [9.17, 15) is 13.5 Å². The monoisotopic (exact) mass is 375 g/mol. The van der Waals surface area contributed by atoms with Crippen molar-refractivity contribution < 1.29 is 13.5 Å². The van der Waals surface area contributed by atoms with Crippen LogP contribution in [0, 0.1) is 0 Å². The molecule has 1 unspecified atom stereocenters. The van der Waals surface area contributed by atoms with E-state index in [1.807, 2.05) is 17.5 Å². The third-order valence-corrected chi connectivity index (χ3v) is 6.15. The van der Waals surface area contributed by atoms with Gasteiger partial charge in [0.2, 0.25) is 10.0 Å². The average molecular weight is 376 g/mol. The van der Waals surface area contributed by atoms with Crippen LogP contribution in [0.15, 0.2) is 51.1 Å². The van der Waals surface area contributed by atoms with Gasteiger partial charge in [-0.2, -0.15) is 0 Å². The number of benzene rings is 1. The van der Waals surface area contributed by atoms with Crippen molar-refractivity contribution in [2.75, 3.05) is 6.54 Å². The summed E-state index contributed by atoms with van der Waals surface area (Å²) in [5.74, 6) is 0. The highest BCUT2D eigenvalue weighted by Gasteiger charge is 2.17. The number of sulfonamides is 1. The molecule has 2 rings (SSSR count). The first kappa shape index (κ1) is 15.7. The second-order valence-electron chi connectivity index (χ2n) is 4.15. The van der Waals surface area contributed by atoms with Gasteiger partial charge in [-0.25, -0.2) is 13.1 Å². The minimum absolute atomic E-state index is 0.183. The molecular weight excluding hydrogens is 362 g/mol. The van der Waals surface area contributed by atoms with E-state index < -0.39 is 16.1 Å². The Morgan fingerprint density at radius 3 is 2.65 bits per heavy atom. The van der Waals surface area contributed by atoms with Crippen molar-refractivity contribution in [3.8, 4) is 0 Å². The lowest BCUT2D eigenvalue weighted by Gasteiger charge is -2.11. The fraction of sp³-hybridized carbons (Fsp3) is 0.231. The van der Waals surface area contributed by atoms with Crippen molar-refractivity contribution in [3.63, 3.8) is 0 Å². The highest BCUT2D eigenvalue weighted by Crippen LogP contribution is 2.23. The first-order chi connectivity index (χ1) is 9.50. The molecular formula is C13H14BrNO3S2. The van der Waals surface area contributed by atoms with Gasteiger partial charge in [0.15, 0.2) is 0 Å². The molecule has 1 aromatic carbocycles. The van der Waals surface area contributed by atoms with Crippen LogP contribution in [0.4, 0.5) is 0 Å². The fourth-order valence-electron chi connectivity index (χ4n) is 1.69. The molecule has 7 heteroatoms. The van der Waals surface area contributed by atoms with Crippen LogP contribution in [0.1, 0.15) is 17.4 Å². The summed E-state index contributed by atoms with van der Waals surface area (Å²) < 4.78 is 27.2. The lowest BCUT2D eigenvalue weighted by atomic mass is 10.2. The molecule has 1 atom stereocenters. The summed E-state index contributed by atoms with van der Waals surface area (Å²) in [6.07, 6.45) is -0.304. The van der Waals surface area contributed by atoms with Crippen LogP contribution >= 0.6 is 27.3 Å². The average Bonchev–Trinajstić information content (AvgIpc) is 2.92. The van der Waals surface area contributed by atoms with Crippen molar-refractivity contribution in [2.45, 2.75) is 17.4 Å². The van der Waals surface area contributed by atoms with E-state index in [0.29, 0.717) is 10.9 Å². The summed E-state index contributed by atoms with van der Waals surface area (Å²) in [4.78, 5) is 1.04. The van der Waals surface area contributed by atoms with Gasteiger partial charge in [-0.3, -0.25) is 0 Å². The minimum atomic E-state index is -3.56. The van der Waals surface area contributed by atoms with E-state index >= 15 is 0 Å². The zero-order valence-corrected chi connectivity index (χ0v) is 13.7. The summed E-state index contributed by atoms with van der Waals surface area (Å²) >= 11 is 4.67. The smallest absolute Gasteiger partial charge is 0.241 e. The second-order valence-corrected chi connectivity index (χ2v) is 7.72. The molecule has 2 N–H and O–H groups in total. The van der Waals surface area contributed by atoms with Crippen molar-refractivity contribution in [1.82, 2.24) is 4.72 Å². The Balaban J connectivity index is 1.95. The van der Waals surface area contributed by atoms with Gasteiger partial charge < -0.3 is 5.11 Å². The van der Waals surface area contributed by atoms with Gasteiger partial charge in [-0.1, -0.05) is 18.2 Å². The van der Waals surface area contributed by atoms with Crippen molar-refractivity contribution >= 4 is 37.3 Å². The van der Waals surface area contributed by atoms with Gasteiger partial charge in [-0.15, -0.1) is 11.3 Å². The molecule has 0 fully saturated rings. The van der Waals surface area contributed by atoms with Gasteiger partial charge in [0, 0.05) is 15.9 Å². The van der Waals surface area contributed by atoms with Crippen molar-refractivity contribution in [3.05, 3.63) is 51.1 Å². The molecule has 0 amide bonds. The van der Waals surface area contributed by atoms with Crippen LogP contribution in [-0.4, -0.2) is 20.1 Å². The van der Waals surface area contributed by atoms with Crippen LogP contribution in [0.5, 0.6) is 0 Å². The molecule has 0 aliphatic rings. The predicted octanol–water partition coefficient (Wildman–Crippen LogP) is 2.91. The molecule has 1 aromatic heterocycles. The van der Waals surface area contributed by atoms with Gasteiger partial charge in [0.1, 0.15) is 0 Å². The van der Waals surface area contributed by atoms with Crippen LogP contribution in [-0.2, 0) is 10.0 Å². The third kappa shape index (κ3) is 3.89. The Bertz CT molecular complexity index is 656. The molecule has 20 heavy (non-hydrogen) atoms. The summed E-state index contributed by atoms with van der Waals surface area (Å²) in [5, 5.41) is 11.8. The number of aliphatic hydroxyl groups is 1. The molecule has 1 heterocycles. The Morgan fingerprint density at radius 1 is 1.25 bits per heavy atom. The predicted molar refractivity (Wildman–Crippen MR) is 83.2 cm³/mol. The molecule has 0 spiro atoms. The number of halogens is 1. The number of aliphatic hydroxyl groups excluding tert-OH is 1. The van der Waals surface area contributed by atoms with Gasteiger partial charge in [-0.05, 0) is 45.9 Å². The second kappa shape index (κ2) is 6.82. The Hall–Kier alpha value is -0.730. The van der Waals surface area contributed by atoms with E-state index in [4.69, 9.17) is 0 Å². The number of rotatable bonds is 6. The number of nitrogens with one attached hydrogen (secondary N) is 1. The Morgan fingerprint density at radius 2 is 2.00 bits per heavy atom. The minimum Gasteiger partial charge on any atom is -0.388 e. The van der Waals surface area contributed by atoms with Crippen molar-refractivity contribution in [2.24, 2.45) is 0 Å². The molecule has 2 aromatic rings. The van der Waals surface area contributed by atoms with E-state index in [2.05, 4.69) is 20.7 Å². The third-order valence-electron chi connectivity index (χ3n) is 2.71. The summed E-state index contributed by atoms with van der Waals surface area (Å²) in [6.45, 7) is 0.183. The molecule has 0 saturated carbocycles. The van der Waals surface area contributed by atoms with Crippen LogP contribution in [0.2, 0.25) is 0 Å². The van der Waals surface area contributed by atoms with Crippen LogP contribution < -0.4 is 4.72 Å². The maximum atomic E-state index is 12.1. The molecule has 0 radical (unpaired) electrons. The molecule has 0 aliphatic carbocycles. The maximum absolute atomic E-state index is 12.1. The van der Waals surface area contributed by atoms with Gasteiger partial charge >= 0.3 is 0 Å². The van der Waals surface area contributed by atoms with Crippen LogP contribution in [0.25, 0.3) is 0 Å². The largest absolute Gasteiger partial charge is 0.388 e. The highest BCUT2D eigenvalue weighted by molar-refractivity contribution is 9.10. The molecule has 108 valence electrons. The van der Waals surface area contributed by atoms with Crippen LogP contribution in [0.3, 0.4) is 0 Å². The van der Waals surface area contributed by atoms with E-state index in [1.54, 1.807) is 18.2 Å². The number of hydrogen-bond donors (Lipinski definition) is 2.